The van der Waals surface area contributed by atoms with E-state index in [-0.39, 0.29) is 19.8 Å². The summed E-state index contributed by atoms with van der Waals surface area (Å²) in [7, 11) is 0. The highest BCUT2D eigenvalue weighted by atomic mass is 16.6. The lowest BCUT2D eigenvalue weighted by molar-refractivity contribution is -0.139. The Kier molecular flexibility index (Phi) is 11.6. The van der Waals surface area contributed by atoms with Crippen LogP contribution in [0, 0.1) is 0 Å². The highest BCUT2D eigenvalue weighted by molar-refractivity contribution is 5.86. The third-order valence-corrected chi connectivity index (χ3v) is 6.75. The van der Waals surface area contributed by atoms with Crippen LogP contribution in [0.3, 0.4) is 0 Å². The van der Waals surface area contributed by atoms with Crippen molar-refractivity contribution >= 4 is 5.97 Å². The number of carbonyl (C=O) groups excluding carboxylic acids is 1. The zero-order valence-corrected chi connectivity index (χ0v) is 23.2. The summed E-state index contributed by atoms with van der Waals surface area (Å²) in [4.78, 5) is 11.7. The SMILES string of the molecule is C=C(C)C(=O)OCCOc1cc(-c2ccc(-c3ccc(CCCCC)cc3)cc2CC)ccc1CCCO. The molecule has 0 aliphatic rings. The maximum atomic E-state index is 11.7. The van der Waals surface area contributed by atoms with Gasteiger partial charge in [-0.25, -0.2) is 4.79 Å². The summed E-state index contributed by atoms with van der Waals surface area (Å²) in [5.41, 5.74) is 8.80. The molecule has 0 atom stereocenters. The molecule has 0 spiro atoms. The van der Waals surface area contributed by atoms with Gasteiger partial charge in [0.05, 0.1) is 0 Å². The quantitative estimate of drug-likeness (QED) is 0.128. The lowest BCUT2D eigenvalue weighted by atomic mass is 9.92. The molecule has 4 nitrogen and oxygen atoms in total. The van der Waals surface area contributed by atoms with Crippen LogP contribution in [0.2, 0.25) is 0 Å². The monoisotopic (exact) mass is 514 g/mol. The largest absolute Gasteiger partial charge is 0.490 e. The van der Waals surface area contributed by atoms with Crippen molar-refractivity contribution in [3.8, 4) is 28.0 Å². The minimum atomic E-state index is -0.415. The summed E-state index contributed by atoms with van der Waals surface area (Å²) >= 11 is 0. The first-order valence-corrected chi connectivity index (χ1v) is 13.9. The lowest BCUT2D eigenvalue weighted by Crippen LogP contribution is -2.13. The van der Waals surface area contributed by atoms with E-state index in [2.05, 4.69) is 81.1 Å². The number of hydrogen-bond acceptors (Lipinski definition) is 4. The smallest absolute Gasteiger partial charge is 0.333 e. The van der Waals surface area contributed by atoms with Crippen LogP contribution >= 0.6 is 0 Å². The molecule has 0 saturated carbocycles. The number of aryl methyl sites for hydroxylation is 3. The standard InChI is InChI=1S/C34H42O4/c1-5-7-8-10-26-12-14-28(15-13-26)30-18-19-32(27(6-2)23-30)31-17-16-29(11-9-20-35)33(24-31)37-21-22-38-34(36)25(3)4/h12-19,23-24,35H,3,5-11,20-22H2,1-2,4H3. The Balaban J connectivity index is 1.80. The fourth-order valence-electron chi connectivity index (χ4n) is 4.53. The number of esters is 1. The average Bonchev–Trinajstić information content (AvgIpc) is 2.94. The zero-order chi connectivity index (χ0) is 27.3. The van der Waals surface area contributed by atoms with Gasteiger partial charge in [-0.15, -0.1) is 0 Å². The van der Waals surface area contributed by atoms with Crippen LogP contribution in [0.5, 0.6) is 5.75 Å². The van der Waals surface area contributed by atoms with Crippen LogP contribution in [0.15, 0.2) is 72.8 Å². The molecule has 3 rings (SSSR count). The van der Waals surface area contributed by atoms with E-state index < -0.39 is 5.97 Å². The normalized spacial score (nSPS) is 10.8. The first-order chi connectivity index (χ1) is 18.5. The van der Waals surface area contributed by atoms with E-state index in [9.17, 15) is 9.90 Å². The maximum Gasteiger partial charge on any atom is 0.333 e. The van der Waals surface area contributed by atoms with Gasteiger partial charge in [-0.3, -0.25) is 0 Å². The van der Waals surface area contributed by atoms with Crippen molar-refractivity contribution in [3.63, 3.8) is 0 Å². The zero-order valence-electron chi connectivity index (χ0n) is 23.2. The van der Waals surface area contributed by atoms with Gasteiger partial charge in [0.15, 0.2) is 0 Å². The Labute approximate surface area is 228 Å². The molecule has 0 aliphatic carbocycles. The van der Waals surface area contributed by atoms with Crippen molar-refractivity contribution in [3.05, 3.63) is 89.5 Å². The molecule has 0 amide bonds. The van der Waals surface area contributed by atoms with Gasteiger partial charge in [-0.1, -0.05) is 87.9 Å². The van der Waals surface area contributed by atoms with Gasteiger partial charge in [0.2, 0.25) is 0 Å². The molecule has 202 valence electrons. The number of hydrogen-bond donors (Lipinski definition) is 1. The van der Waals surface area contributed by atoms with Crippen LogP contribution in [0.4, 0.5) is 0 Å². The van der Waals surface area contributed by atoms with E-state index in [1.807, 2.05) is 0 Å². The lowest BCUT2D eigenvalue weighted by Gasteiger charge is -2.16. The van der Waals surface area contributed by atoms with Crippen LogP contribution in [-0.4, -0.2) is 30.9 Å². The number of ether oxygens (including phenoxy) is 2. The molecule has 0 aromatic heterocycles. The minimum Gasteiger partial charge on any atom is -0.490 e. The van der Waals surface area contributed by atoms with Crippen LogP contribution in [0.1, 0.15) is 63.1 Å². The van der Waals surface area contributed by atoms with Crippen molar-refractivity contribution in [2.45, 2.75) is 65.7 Å². The number of benzene rings is 3. The third-order valence-electron chi connectivity index (χ3n) is 6.75. The van der Waals surface area contributed by atoms with Crippen LogP contribution < -0.4 is 4.74 Å². The van der Waals surface area contributed by atoms with E-state index in [4.69, 9.17) is 9.47 Å². The summed E-state index contributed by atoms with van der Waals surface area (Å²) in [5.74, 6) is 0.341. The molecule has 38 heavy (non-hydrogen) atoms. The molecule has 0 aliphatic heterocycles. The Hall–Kier alpha value is -3.37. The van der Waals surface area contributed by atoms with E-state index in [0.29, 0.717) is 18.4 Å². The number of rotatable bonds is 15. The molecule has 4 heteroatoms. The summed E-state index contributed by atoms with van der Waals surface area (Å²) < 4.78 is 11.2. The highest BCUT2D eigenvalue weighted by Gasteiger charge is 2.12. The summed E-state index contributed by atoms with van der Waals surface area (Å²) in [6, 6.07) is 21.9. The average molecular weight is 515 g/mol. The first-order valence-electron chi connectivity index (χ1n) is 13.9. The first kappa shape index (κ1) is 29.2. The Morgan fingerprint density at radius 2 is 1.55 bits per heavy atom. The fraction of sp³-hybridized carbons (Fsp3) is 0.382. The van der Waals surface area contributed by atoms with E-state index in [1.165, 1.54) is 47.1 Å². The molecule has 0 radical (unpaired) electrons. The minimum absolute atomic E-state index is 0.124. The van der Waals surface area contributed by atoms with Gasteiger partial charge in [0.1, 0.15) is 19.0 Å². The van der Waals surface area contributed by atoms with E-state index in [1.54, 1.807) is 6.92 Å². The van der Waals surface area contributed by atoms with E-state index in [0.717, 1.165) is 29.7 Å². The molecule has 3 aromatic carbocycles. The second-order valence-electron chi connectivity index (χ2n) is 9.79. The molecular formula is C34H42O4. The maximum absolute atomic E-state index is 11.7. The molecule has 0 unspecified atom stereocenters. The van der Waals surface area contributed by atoms with Crippen molar-refractivity contribution in [1.29, 1.82) is 0 Å². The molecule has 3 aromatic rings. The van der Waals surface area contributed by atoms with Crippen molar-refractivity contribution in [2.24, 2.45) is 0 Å². The van der Waals surface area contributed by atoms with E-state index >= 15 is 0 Å². The van der Waals surface area contributed by atoms with Crippen LogP contribution in [-0.2, 0) is 28.8 Å². The van der Waals surface area contributed by atoms with Gasteiger partial charge in [0, 0.05) is 12.2 Å². The van der Waals surface area contributed by atoms with Gasteiger partial charge in [-0.05, 0) is 84.0 Å². The van der Waals surface area contributed by atoms with Crippen LogP contribution in [0.25, 0.3) is 22.3 Å². The predicted octanol–water partition coefficient (Wildman–Crippen LogP) is 7.74. The molecule has 1 N–H and O–H groups in total. The highest BCUT2D eigenvalue weighted by Crippen LogP contribution is 2.33. The Bertz CT molecular complexity index is 1190. The fourth-order valence-corrected chi connectivity index (χ4v) is 4.53. The molecule has 0 bridgehead atoms. The van der Waals surface area contributed by atoms with Gasteiger partial charge < -0.3 is 14.6 Å². The second-order valence-corrected chi connectivity index (χ2v) is 9.79. The summed E-state index contributed by atoms with van der Waals surface area (Å²) in [6.07, 6.45) is 7.20. The van der Waals surface area contributed by atoms with Gasteiger partial charge in [-0.2, -0.15) is 0 Å². The molecule has 0 fully saturated rings. The number of aliphatic hydroxyl groups is 1. The Morgan fingerprint density at radius 1 is 0.816 bits per heavy atom. The number of unbranched alkanes of at least 4 members (excludes halogenated alkanes) is 2. The summed E-state index contributed by atoms with van der Waals surface area (Å²) in [6.45, 7) is 10.2. The molecular weight excluding hydrogens is 472 g/mol. The number of aliphatic hydroxyl groups excluding tert-OH is 1. The second kappa shape index (κ2) is 15.1. The third kappa shape index (κ3) is 8.32. The van der Waals surface area contributed by atoms with Crippen molar-refractivity contribution < 1.29 is 19.4 Å². The van der Waals surface area contributed by atoms with Crippen molar-refractivity contribution in [1.82, 2.24) is 0 Å². The summed E-state index contributed by atoms with van der Waals surface area (Å²) in [5, 5.41) is 9.32. The Morgan fingerprint density at radius 3 is 2.24 bits per heavy atom. The van der Waals surface area contributed by atoms with Crippen molar-refractivity contribution in [2.75, 3.05) is 19.8 Å². The topological polar surface area (TPSA) is 55.8 Å². The predicted molar refractivity (Wildman–Crippen MR) is 157 cm³/mol. The molecule has 0 heterocycles. The molecule has 0 saturated heterocycles. The van der Waals surface area contributed by atoms with Gasteiger partial charge in [0.25, 0.3) is 0 Å². The van der Waals surface area contributed by atoms with Gasteiger partial charge >= 0.3 is 5.97 Å². The number of carbonyl (C=O) groups is 1.